The Balaban J connectivity index is 1.69. The Kier molecular flexibility index (Phi) is 6.35. The Hall–Kier alpha value is -1.82. The number of carbonyl (C=O) groups is 1. The van der Waals surface area contributed by atoms with Crippen LogP contribution in [0.25, 0.3) is 6.08 Å². The average molecular weight is 393 g/mol. The van der Waals surface area contributed by atoms with E-state index in [0.29, 0.717) is 16.7 Å². The van der Waals surface area contributed by atoms with Crippen molar-refractivity contribution in [1.29, 1.82) is 0 Å². The number of hydrogen-bond donors (Lipinski definition) is 1. The van der Waals surface area contributed by atoms with E-state index in [2.05, 4.69) is 10.5 Å². The van der Waals surface area contributed by atoms with Crippen molar-refractivity contribution in [2.45, 2.75) is 32.7 Å². The molecular formula is C19H22Cl2N4O. The molecule has 138 valence electrons. The van der Waals surface area contributed by atoms with Gasteiger partial charge in [0.15, 0.2) is 0 Å². The summed E-state index contributed by atoms with van der Waals surface area (Å²) in [5.74, 6) is -0.152. The molecule has 1 saturated heterocycles. The zero-order chi connectivity index (χ0) is 18.5. The molecule has 0 radical (unpaired) electrons. The first-order valence-corrected chi connectivity index (χ1v) is 9.50. The van der Waals surface area contributed by atoms with Crippen LogP contribution in [-0.4, -0.2) is 33.8 Å². The van der Waals surface area contributed by atoms with E-state index >= 15 is 0 Å². The molecule has 0 unspecified atom stereocenters. The quantitative estimate of drug-likeness (QED) is 0.779. The molecule has 1 aliphatic rings. The summed E-state index contributed by atoms with van der Waals surface area (Å²) in [5.41, 5.74) is 5.35. The molecule has 0 spiro atoms. The minimum atomic E-state index is -0.152. The van der Waals surface area contributed by atoms with Crippen molar-refractivity contribution in [1.82, 2.24) is 20.2 Å². The van der Waals surface area contributed by atoms with Crippen molar-refractivity contribution < 1.29 is 4.79 Å². The van der Waals surface area contributed by atoms with E-state index in [0.717, 1.165) is 42.8 Å². The van der Waals surface area contributed by atoms with Crippen LogP contribution in [0.4, 0.5) is 0 Å². The summed E-state index contributed by atoms with van der Waals surface area (Å²) in [4.78, 5) is 12.1. The van der Waals surface area contributed by atoms with Crippen molar-refractivity contribution >= 4 is 35.2 Å². The van der Waals surface area contributed by atoms with E-state index in [1.54, 1.807) is 10.8 Å². The van der Waals surface area contributed by atoms with Crippen molar-refractivity contribution in [2.24, 2.45) is 0 Å². The maximum atomic E-state index is 12.1. The standard InChI is InChI=1S/C19H22Cl2N4O/c1-14-16(9-10-18(26)23-24-11-5-2-6-12-24)19(21)25(22-14)13-15-7-3-4-8-17(15)20/h3-4,7-10H,2,5-6,11-13H2,1H3,(H,23,26)/b10-9+. The Labute approximate surface area is 163 Å². The van der Waals surface area contributed by atoms with Gasteiger partial charge in [-0.25, -0.2) is 9.69 Å². The molecular weight excluding hydrogens is 371 g/mol. The van der Waals surface area contributed by atoms with Crippen LogP contribution < -0.4 is 5.43 Å². The van der Waals surface area contributed by atoms with Crippen LogP contribution in [0.2, 0.25) is 10.2 Å². The van der Waals surface area contributed by atoms with Crippen molar-refractivity contribution in [2.75, 3.05) is 13.1 Å². The first kappa shape index (κ1) is 19.0. The fourth-order valence-electron chi connectivity index (χ4n) is 3.01. The second kappa shape index (κ2) is 8.71. The van der Waals surface area contributed by atoms with E-state index < -0.39 is 0 Å². The predicted molar refractivity (Wildman–Crippen MR) is 105 cm³/mol. The topological polar surface area (TPSA) is 50.2 Å². The highest BCUT2D eigenvalue weighted by Gasteiger charge is 2.14. The van der Waals surface area contributed by atoms with Gasteiger partial charge in [-0.15, -0.1) is 0 Å². The third kappa shape index (κ3) is 4.67. The van der Waals surface area contributed by atoms with Crippen LogP contribution in [0.3, 0.4) is 0 Å². The molecule has 1 aliphatic heterocycles. The van der Waals surface area contributed by atoms with Gasteiger partial charge in [-0.1, -0.05) is 47.8 Å². The van der Waals surface area contributed by atoms with E-state index in [1.807, 2.05) is 36.2 Å². The van der Waals surface area contributed by atoms with Gasteiger partial charge in [-0.2, -0.15) is 5.10 Å². The highest BCUT2D eigenvalue weighted by molar-refractivity contribution is 6.32. The number of hydrazine groups is 1. The third-order valence-electron chi connectivity index (χ3n) is 4.41. The van der Waals surface area contributed by atoms with Crippen LogP contribution in [-0.2, 0) is 11.3 Å². The minimum absolute atomic E-state index is 0.152. The fourth-order valence-corrected chi connectivity index (χ4v) is 3.50. The van der Waals surface area contributed by atoms with Crippen LogP contribution in [0, 0.1) is 6.92 Å². The average Bonchev–Trinajstić information content (AvgIpc) is 2.89. The molecule has 26 heavy (non-hydrogen) atoms. The number of amides is 1. The van der Waals surface area contributed by atoms with Gasteiger partial charge < -0.3 is 0 Å². The Morgan fingerprint density at radius 3 is 2.69 bits per heavy atom. The van der Waals surface area contributed by atoms with Crippen LogP contribution in [0.1, 0.15) is 36.1 Å². The van der Waals surface area contributed by atoms with Crippen molar-refractivity contribution in [3.63, 3.8) is 0 Å². The van der Waals surface area contributed by atoms with Gasteiger partial charge in [0.1, 0.15) is 5.15 Å². The lowest BCUT2D eigenvalue weighted by Gasteiger charge is -2.26. The fraction of sp³-hybridized carbons (Fsp3) is 0.368. The number of aryl methyl sites for hydroxylation is 1. The number of benzene rings is 1. The van der Waals surface area contributed by atoms with Crippen molar-refractivity contribution in [3.05, 3.63) is 57.3 Å². The lowest BCUT2D eigenvalue weighted by molar-refractivity contribution is -0.121. The number of carbonyl (C=O) groups excluding carboxylic acids is 1. The first-order chi connectivity index (χ1) is 12.5. The molecule has 0 atom stereocenters. The largest absolute Gasteiger partial charge is 0.285 e. The summed E-state index contributed by atoms with van der Waals surface area (Å²) < 4.78 is 1.69. The Morgan fingerprint density at radius 1 is 1.23 bits per heavy atom. The van der Waals surface area contributed by atoms with Crippen LogP contribution in [0.15, 0.2) is 30.3 Å². The second-order valence-corrected chi connectivity index (χ2v) is 7.16. The zero-order valence-electron chi connectivity index (χ0n) is 14.7. The summed E-state index contributed by atoms with van der Waals surface area (Å²) in [6.45, 7) is 4.15. The molecule has 5 nitrogen and oxygen atoms in total. The molecule has 1 aromatic heterocycles. The number of rotatable bonds is 5. The number of halogens is 2. The van der Waals surface area contributed by atoms with E-state index in [9.17, 15) is 4.79 Å². The molecule has 0 saturated carbocycles. The van der Waals surface area contributed by atoms with Gasteiger partial charge in [-0.05, 0) is 37.5 Å². The molecule has 1 amide bonds. The summed E-state index contributed by atoms with van der Waals surface area (Å²) in [7, 11) is 0. The van der Waals surface area contributed by atoms with Gasteiger partial charge in [0.25, 0.3) is 5.91 Å². The highest BCUT2D eigenvalue weighted by atomic mass is 35.5. The lowest BCUT2D eigenvalue weighted by Crippen LogP contribution is -2.44. The summed E-state index contributed by atoms with van der Waals surface area (Å²) in [6.07, 6.45) is 6.67. The van der Waals surface area contributed by atoms with Crippen molar-refractivity contribution in [3.8, 4) is 0 Å². The van der Waals surface area contributed by atoms with Gasteiger partial charge in [0, 0.05) is 29.8 Å². The lowest BCUT2D eigenvalue weighted by atomic mass is 10.2. The van der Waals surface area contributed by atoms with E-state index in [4.69, 9.17) is 23.2 Å². The molecule has 0 aliphatic carbocycles. The van der Waals surface area contributed by atoms with E-state index in [1.165, 1.54) is 12.5 Å². The first-order valence-electron chi connectivity index (χ1n) is 8.74. The molecule has 2 aromatic rings. The van der Waals surface area contributed by atoms with Crippen LogP contribution in [0.5, 0.6) is 0 Å². The number of aromatic nitrogens is 2. The third-order valence-corrected chi connectivity index (χ3v) is 5.18. The molecule has 2 heterocycles. The number of piperidine rings is 1. The zero-order valence-corrected chi connectivity index (χ0v) is 16.2. The molecule has 1 fully saturated rings. The minimum Gasteiger partial charge on any atom is -0.285 e. The highest BCUT2D eigenvalue weighted by Crippen LogP contribution is 2.24. The maximum Gasteiger partial charge on any atom is 0.258 e. The molecule has 1 aromatic carbocycles. The summed E-state index contributed by atoms with van der Waals surface area (Å²) >= 11 is 12.7. The van der Waals surface area contributed by atoms with Gasteiger partial charge in [-0.3, -0.25) is 10.2 Å². The molecule has 7 heteroatoms. The molecule has 1 N–H and O–H groups in total. The molecule has 3 rings (SSSR count). The second-order valence-electron chi connectivity index (χ2n) is 6.40. The smallest absolute Gasteiger partial charge is 0.258 e. The number of nitrogens with zero attached hydrogens (tertiary/aromatic N) is 3. The SMILES string of the molecule is Cc1nn(Cc2ccccc2Cl)c(Cl)c1/C=C/C(=O)NN1CCCCC1. The van der Waals surface area contributed by atoms with Gasteiger partial charge >= 0.3 is 0 Å². The maximum absolute atomic E-state index is 12.1. The van der Waals surface area contributed by atoms with Gasteiger partial charge in [0.2, 0.25) is 0 Å². The number of nitrogens with one attached hydrogen (secondary N) is 1. The predicted octanol–water partition coefficient (Wildman–Crippen LogP) is 4.08. The van der Waals surface area contributed by atoms with Gasteiger partial charge in [0.05, 0.1) is 12.2 Å². The normalized spacial score (nSPS) is 15.5. The van der Waals surface area contributed by atoms with Crippen LogP contribution >= 0.6 is 23.2 Å². The Morgan fingerprint density at radius 2 is 1.96 bits per heavy atom. The number of hydrogen-bond acceptors (Lipinski definition) is 3. The van der Waals surface area contributed by atoms with E-state index in [-0.39, 0.29) is 5.91 Å². The summed E-state index contributed by atoms with van der Waals surface area (Å²) in [5, 5.41) is 7.60. The summed E-state index contributed by atoms with van der Waals surface area (Å²) in [6, 6.07) is 7.60. The molecule has 0 bridgehead atoms. The monoisotopic (exact) mass is 392 g/mol. The Bertz CT molecular complexity index is 810.